The lowest BCUT2D eigenvalue weighted by Gasteiger charge is -2.11. The molecule has 0 aliphatic rings. The van der Waals surface area contributed by atoms with Gasteiger partial charge in [-0.3, -0.25) is 0 Å². The summed E-state index contributed by atoms with van der Waals surface area (Å²) in [7, 11) is 3.89. The van der Waals surface area contributed by atoms with Crippen LogP contribution in [0.15, 0.2) is 30.5 Å². The molecule has 0 aliphatic carbocycles. The Bertz CT molecular complexity index is 692. The molecular weight excluding hydrogens is 318 g/mol. The Morgan fingerprint density at radius 3 is 2.70 bits per heavy atom. The summed E-state index contributed by atoms with van der Waals surface area (Å²) in [5.74, 6) is -0.797. The molecule has 0 saturated heterocycles. The summed E-state index contributed by atoms with van der Waals surface area (Å²) in [6.45, 7) is 1.45. The molecule has 0 saturated carbocycles. The minimum atomic E-state index is -1.13. The highest BCUT2D eigenvalue weighted by molar-refractivity contribution is 6.33. The maximum absolute atomic E-state index is 11.5. The summed E-state index contributed by atoms with van der Waals surface area (Å²) in [5, 5.41) is 9.86. The Morgan fingerprint density at radius 2 is 2.04 bits per heavy atom. The molecule has 1 aromatic heterocycles. The second-order valence-electron chi connectivity index (χ2n) is 5.19. The molecule has 2 rings (SSSR count). The van der Waals surface area contributed by atoms with Gasteiger partial charge in [0.15, 0.2) is 11.5 Å². The second kappa shape index (κ2) is 8.01. The van der Waals surface area contributed by atoms with E-state index in [1.165, 1.54) is 6.20 Å². The lowest BCUT2D eigenvalue weighted by Crippen LogP contribution is -2.18. The van der Waals surface area contributed by atoms with E-state index in [2.05, 4.69) is 9.97 Å². The monoisotopic (exact) mass is 335 g/mol. The van der Waals surface area contributed by atoms with Gasteiger partial charge in [-0.15, -0.1) is 0 Å². The molecule has 0 amide bonds. The van der Waals surface area contributed by atoms with Crippen LogP contribution in [0.2, 0.25) is 5.02 Å². The van der Waals surface area contributed by atoms with E-state index in [9.17, 15) is 9.90 Å². The van der Waals surface area contributed by atoms with Gasteiger partial charge < -0.3 is 14.7 Å². The zero-order chi connectivity index (χ0) is 16.8. The minimum absolute atomic E-state index is 0.0840. The molecule has 23 heavy (non-hydrogen) atoms. The number of carboxylic acid groups (broad SMARTS) is 1. The SMILES string of the molecule is CN(C)CCOCc1ncc(-c2ccccc2Cl)c(C(=O)O)n1. The second-order valence-corrected chi connectivity index (χ2v) is 5.60. The number of hydrogen-bond donors (Lipinski definition) is 1. The van der Waals surface area contributed by atoms with Gasteiger partial charge in [0.05, 0.1) is 6.61 Å². The lowest BCUT2D eigenvalue weighted by atomic mass is 10.1. The van der Waals surface area contributed by atoms with Crippen molar-refractivity contribution in [2.24, 2.45) is 0 Å². The Morgan fingerprint density at radius 1 is 1.30 bits per heavy atom. The molecule has 2 aromatic rings. The van der Waals surface area contributed by atoms with E-state index in [0.29, 0.717) is 28.6 Å². The van der Waals surface area contributed by atoms with E-state index in [0.717, 1.165) is 6.54 Å². The quantitative estimate of drug-likeness (QED) is 0.784. The molecule has 0 bridgehead atoms. The Hall–Kier alpha value is -2.02. The van der Waals surface area contributed by atoms with Crippen molar-refractivity contribution in [1.82, 2.24) is 14.9 Å². The zero-order valence-corrected chi connectivity index (χ0v) is 13.7. The van der Waals surface area contributed by atoms with Crippen molar-refractivity contribution in [3.05, 3.63) is 47.0 Å². The number of halogens is 1. The van der Waals surface area contributed by atoms with Crippen LogP contribution in [-0.2, 0) is 11.3 Å². The van der Waals surface area contributed by atoms with Gasteiger partial charge >= 0.3 is 5.97 Å². The average Bonchev–Trinajstić information content (AvgIpc) is 2.52. The van der Waals surface area contributed by atoms with E-state index in [4.69, 9.17) is 16.3 Å². The maximum atomic E-state index is 11.5. The van der Waals surface area contributed by atoms with Crippen molar-refractivity contribution in [1.29, 1.82) is 0 Å². The van der Waals surface area contributed by atoms with Crippen LogP contribution in [0.4, 0.5) is 0 Å². The number of hydrogen-bond acceptors (Lipinski definition) is 5. The van der Waals surface area contributed by atoms with Crippen LogP contribution in [-0.4, -0.2) is 53.2 Å². The number of carboxylic acids is 1. The van der Waals surface area contributed by atoms with Crippen molar-refractivity contribution in [3.63, 3.8) is 0 Å². The van der Waals surface area contributed by atoms with Gasteiger partial charge in [0, 0.05) is 28.9 Å². The average molecular weight is 336 g/mol. The first-order valence-electron chi connectivity index (χ1n) is 7.05. The zero-order valence-electron chi connectivity index (χ0n) is 13.0. The number of rotatable bonds is 7. The summed E-state index contributed by atoms with van der Waals surface area (Å²) < 4.78 is 5.45. The molecule has 0 aliphatic heterocycles. The topological polar surface area (TPSA) is 75.5 Å². The van der Waals surface area contributed by atoms with E-state index in [1.807, 2.05) is 19.0 Å². The van der Waals surface area contributed by atoms with Crippen LogP contribution in [0.3, 0.4) is 0 Å². The largest absolute Gasteiger partial charge is 0.476 e. The number of nitrogens with zero attached hydrogens (tertiary/aromatic N) is 3. The fourth-order valence-electron chi connectivity index (χ4n) is 1.94. The number of ether oxygens (including phenoxy) is 1. The fourth-order valence-corrected chi connectivity index (χ4v) is 2.18. The first-order chi connectivity index (χ1) is 11.0. The standard InChI is InChI=1S/C16H18ClN3O3/c1-20(2)7-8-23-10-14-18-9-12(15(19-14)16(21)22)11-5-3-4-6-13(11)17/h3-6,9H,7-8,10H2,1-2H3,(H,21,22). The van der Waals surface area contributed by atoms with Gasteiger partial charge in [0.25, 0.3) is 0 Å². The fraction of sp³-hybridized carbons (Fsp3) is 0.312. The predicted octanol–water partition coefficient (Wildman–Crippen LogP) is 2.57. The highest BCUT2D eigenvalue weighted by Crippen LogP contribution is 2.29. The van der Waals surface area contributed by atoms with Crippen LogP contribution in [0.25, 0.3) is 11.1 Å². The van der Waals surface area contributed by atoms with Gasteiger partial charge in [-0.2, -0.15) is 0 Å². The van der Waals surface area contributed by atoms with Gasteiger partial charge in [0.2, 0.25) is 0 Å². The maximum Gasteiger partial charge on any atom is 0.355 e. The number of aromatic nitrogens is 2. The van der Waals surface area contributed by atoms with E-state index in [1.54, 1.807) is 24.3 Å². The Labute approximate surface area is 139 Å². The lowest BCUT2D eigenvalue weighted by molar-refractivity contribution is 0.0688. The van der Waals surface area contributed by atoms with E-state index in [-0.39, 0.29) is 12.3 Å². The summed E-state index contributed by atoms with van der Waals surface area (Å²) in [6.07, 6.45) is 1.47. The smallest absolute Gasteiger partial charge is 0.355 e. The highest BCUT2D eigenvalue weighted by atomic mass is 35.5. The normalized spacial score (nSPS) is 11.0. The molecule has 122 valence electrons. The molecule has 1 aromatic carbocycles. The van der Waals surface area contributed by atoms with Gasteiger partial charge in [-0.05, 0) is 20.2 Å². The molecule has 0 fully saturated rings. The predicted molar refractivity (Wildman–Crippen MR) is 87.6 cm³/mol. The Kier molecular flexibility index (Phi) is 6.04. The molecule has 1 N–H and O–H groups in total. The van der Waals surface area contributed by atoms with Crippen LogP contribution in [0.1, 0.15) is 16.3 Å². The van der Waals surface area contributed by atoms with Gasteiger partial charge in [0.1, 0.15) is 6.61 Å². The minimum Gasteiger partial charge on any atom is -0.476 e. The number of likely N-dealkylation sites (N-methyl/N-ethyl adjacent to an activating group) is 1. The third kappa shape index (κ3) is 4.72. The van der Waals surface area contributed by atoms with Gasteiger partial charge in [-0.1, -0.05) is 29.8 Å². The molecule has 0 spiro atoms. The molecule has 6 nitrogen and oxygen atoms in total. The molecule has 7 heteroatoms. The number of aromatic carboxylic acids is 1. The summed E-state index contributed by atoms with van der Waals surface area (Å²) in [5.41, 5.74) is 0.895. The van der Waals surface area contributed by atoms with Crippen molar-refractivity contribution in [2.45, 2.75) is 6.61 Å². The third-order valence-electron chi connectivity index (χ3n) is 3.12. The van der Waals surface area contributed by atoms with Crippen LogP contribution in [0.5, 0.6) is 0 Å². The first kappa shape index (κ1) is 17.3. The number of benzene rings is 1. The molecule has 0 atom stereocenters. The van der Waals surface area contributed by atoms with Crippen molar-refractivity contribution in [3.8, 4) is 11.1 Å². The highest BCUT2D eigenvalue weighted by Gasteiger charge is 2.17. The van der Waals surface area contributed by atoms with Crippen LogP contribution in [0, 0.1) is 0 Å². The first-order valence-corrected chi connectivity index (χ1v) is 7.43. The van der Waals surface area contributed by atoms with E-state index < -0.39 is 5.97 Å². The van der Waals surface area contributed by atoms with Crippen molar-refractivity contribution in [2.75, 3.05) is 27.2 Å². The van der Waals surface area contributed by atoms with E-state index >= 15 is 0 Å². The number of carbonyl (C=O) groups is 1. The third-order valence-corrected chi connectivity index (χ3v) is 3.45. The molecule has 0 unspecified atom stereocenters. The Balaban J connectivity index is 2.22. The molecular formula is C16H18ClN3O3. The van der Waals surface area contributed by atoms with Gasteiger partial charge in [-0.25, -0.2) is 14.8 Å². The summed E-state index contributed by atoms with van der Waals surface area (Å²) in [6, 6.07) is 6.99. The molecule has 1 heterocycles. The van der Waals surface area contributed by atoms with Crippen molar-refractivity contribution < 1.29 is 14.6 Å². The van der Waals surface area contributed by atoms with Crippen LogP contribution < -0.4 is 0 Å². The summed E-state index contributed by atoms with van der Waals surface area (Å²) in [4.78, 5) is 21.8. The van der Waals surface area contributed by atoms with Crippen LogP contribution >= 0.6 is 11.6 Å². The molecule has 0 radical (unpaired) electrons. The van der Waals surface area contributed by atoms with Crippen molar-refractivity contribution >= 4 is 17.6 Å². The summed E-state index contributed by atoms with van der Waals surface area (Å²) >= 11 is 6.13.